The topological polar surface area (TPSA) is 23.6 Å². The van der Waals surface area contributed by atoms with Gasteiger partial charge < -0.3 is 4.90 Å². The van der Waals surface area contributed by atoms with E-state index in [4.69, 9.17) is 0 Å². The molecule has 120 valence electrons. The van der Waals surface area contributed by atoms with Gasteiger partial charge in [-0.3, -0.25) is 9.69 Å². The van der Waals surface area contributed by atoms with Gasteiger partial charge in [0.05, 0.1) is 0 Å². The van der Waals surface area contributed by atoms with Gasteiger partial charge in [0.25, 0.3) is 0 Å². The molecule has 0 saturated carbocycles. The maximum atomic E-state index is 12.9. The fraction of sp³-hybridized carbons (Fsp3) is 0.316. The molecule has 0 radical (unpaired) electrons. The summed E-state index contributed by atoms with van der Waals surface area (Å²) in [6.45, 7) is 5.26. The molecule has 3 rings (SSSR count). The van der Waals surface area contributed by atoms with Crippen LogP contribution < -0.4 is 0 Å². The lowest BCUT2D eigenvalue weighted by Gasteiger charge is -2.32. The van der Waals surface area contributed by atoms with Crippen molar-refractivity contribution in [3.05, 3.63) is 71.0 Å². The van der Waals surface area contributed by atoms with E-state index in [0.717, 1.165) is 32.7 Å². The van der Waals surface area contributed by atoms with Gasteiger partial charge in [0.15, 0.2) is 5.78 Å². The minimum Gasteiger partial charge on any atom is -0.304 e. The smallest absolute Gasteiger partial charge is 0.193 e. The highest BCUT2D eigenvalue weighted by atomic mass is 19.1. The van der Waals surface area contributed by atoms with Gasteiger partial charge in [0, 0.05) is 43.9 Å². The largest absolute Gasteiger partial charge is 0.304 e. The monoisotopic (exact) mass is 312 g/mol. The van der Waals surface area contributed by atoms with E-state index in [9.17, 15) is 9.18 Å². The van der Waals surface area contributed by atoms with E-state index < -0.39 is 0 Å². The van der Waals surface area contributed by atoms with Crippen LogP contribution in [0, 0.1) is 5.82 Å². The summed E-state index contributed by atoms with van der Waals surface area (Å²) >= 11 is 0. The Morgan fingerprint density at radius 3 is 2.00 bits per heavy atom. The van der Waals surface area contributed by atoms with Crippen LogP contribution in [0.4, 0.5) is 4.39 Å². The first-order valence-electron chi connectivity index (χ1n) is 7.92. The van der Waals surface area contributed by atoms with Crippen LogP contribution in [0.2, 0.25) is 0 Å². The van der Waals surface area contributed by atoms with Gasteiger partial charge >= 0.3 is 0 Å². The third-order valence-corrected chi connectivity index (χ3v) is 4.32. The summed E-state index contributed by atoms with van der Waals surface area (Å²) in [6, 6.07) is 13.4. The minimum absolute atomic E-state index is 0.0730. The second-order valence-electron chi connectivity index (χ2n) is 6.11. The van der Waals surface area contributed by atoms with E-state index in [-0.39, 0.29) is 11.6 Å². The highest BCUT2D eigenvalue weighted by Crippen LogP contribution is 2.14. The fourth-order valence-electron chi connectivity index (χ4n) is 2.79. The first-order chi connectivity index (χ1) is 11.1. The van der Waals surface area contributed by atoms with Crippen LogP contribution in [0.5, 0.6) is 0 Å². The molecule has 4 heteroatoms. The van der Waals surface area contributed by atoms with Gasteiger partial charge in [-0.25, -0.2) is 4.39 Å². The van der Waals surface area contributed by atoms with Gasteiger partial charge in [0.1, 0.15) is 5.82 Å². The molecule has 0 N–H and O–H groups in total. The van der Waals surface area contributed by atoms with Crippen molar-refractivity contribution in [2.75, 3.05) is 33.2 Å². The summed E-state index contributed by atoms with van der Waals surface area (Å²) < 4.78 is 12.9. The van der Waals surface area contributed by atoms with Crippen LogP contribution in [0.3, 0.4) is 0 Å². The van der Waals surface area contributed by atoms with Crippen LogP contribution in [-0.4, -0.2) is 48.8 Å². The SMILES string of the molecule is CN1CCN(Cc2ccc(C(=O)c3ccc(F)cc3)cc2)CC1. The molecule has 0 aromatic heterocycles. The molecule has 0 unspecified atom stereocenters. The van der Waals surface area contributed by atoms with E-state index in [1.54, 1.807) is 0 Å². The molecule has 2 aromatic rings. The molecule has 0 amide bonds. The maximum Gasteiger partial charge on any atom is 0.193 e. The van der Waals surface area contributed by atoms with E-state index in [1.807, 2.05) is 24.3 Å². The molecule has 1 aliphatic heterocycles. The van der Waals surface area contributed by atoms with Crippen molar-refractivity contribution in [2.24, 2.45) is 0 Å². The predicted molar refractivity (Wildman–Crippen MR) is 89.0 cm³/mol. The van der Waals surface area contributed by atoms with Crippen LogP contribution in [0.15, 0.2) is 48.5 Å². The van der Waals surface area contributed by atoms with E-state index in [1.165, 1.54) is 29.8 Å². The van der Waals surface area contributed by atoms with Gasteiger partial charge in [-0.2, -0.15) is 0 Å². The summed E-state index contributed by atoms with van der Waals surface area (Å²) in [5.41, 5.74) is 2.36. The predicted octanol–water partition coefficient (Wildman–Crippen LogP) is 2.80. The summed E-state index contributed by atoms with van der Waals surface area (Å²) in [5.74, 6) is -0.403. The molecule has 1 saturated heterocycles. The second kappa shape index (κ2) is 7.02. The molecule has 3 nitrogen and oxygen atoms in total. The molecule has 0 aliphatic carbocycles. The molecule has 1 aliphatic rings. The van der Waals surface area contributed by atoms with E-state index >= 15 is 0 Å². The number of halogens is 1. The molecule has 0 atom stereocenters. The van der Waals surface area contributed by atoms with Crippen molar-refractivity contribution in [1.29, 1.82) is 0 Å². The number of hydrogen-bond acceptors (Lipinski definition) is 3. The number of carbonyl (C=O) groups excluding carboxylic acids is 1. The van der Waals surface area contributed by atoms with Gasteiger partial charge in [-0.15, -0.1) is 0 Å². The molecular formula is C19H21FN2O. The molecule has 1 fully saturated rings. The lowest BCUT2D eigenvalue weighted by Crippen LogP contribution is -2.43. The maximum absolute atomic E-state index is 12.9. The molecule has 23 heavy (non-hydrogen) atoms. The second-order valence-corrected chi connectivity index (χ2v) is 6.11. The standard InChI is InChI=1S/C19H21FN2O/c1-21-10-12-22(13-11-21)14-15-2-4-16(5-3-15)19(23)17-6-8-18(20)9-7-17/h2-9H,10-14H2,1H3. The Labute approximate surface area is 136 Å². The summed E-state index contributed by atoms with van der Waals surface area (Å²) in [4.78, 5) is 17.1. The normalized spacial score (nSPS) is 16.4. The zero-order chi connectivity index (χ0) is 16.2. The highest BCUT2D eigenvalue weighted by molar-refractivity contribution is 6.08. The van der Waals surface area contributed by atoms with Crippen molar-refractivity contribution in [2.45, 2.75) is 6.54 Å². The lowest BCUT2D eigenvalue weighted by molar-refractivity contribution is 0.103. The van der Waals surface area contributed by atoms with Crippen LogP contribution in [0.1, 0.15) is 21.5 Å². The highest BCUT2D eigenvalue weighted by Gasteiger charge is 2.14. The molecular weight excluding hydrogens is 291 g/mol. The number of benzene rings is 2. The van der Waals surface area contributed by atoms with Crippen LogP contribution in [-0.2, 0) is 6.54 Å². The Kier molecular flexibility index (Phi) is 4.84. The lowest BCUT2D eigenvalue weighted by atomic mass is 10.0. The summed E-state index contributed by atoms with van der Waals surface area (Å²) in [7, 11) is 2.15. The number of piperazine rings is 1. The summed E-state index contributed by atoms with van der Waals surface area (Å²) in [5, 5.41) is 0. The zero-order valence-electron chi connectivity index (χ0n) is 13.3. The molecule has 1 heterocycles. The first-order valence-corrected chi connectivity index (χ1v) is 7.92. The average Bonchev–Trinajstić information content (AvgIpc) is 2.58. The molecule has 0 bridgehead atoms. The van der Waals surface area contributed by atoms with Crippen molar-refractivity contribution in [1.82, 2.24) is 9.80 Å². The number of rotatable bonds is 4. The van der Waals surface area contributed by atoms with E-state index in [2.05, 4.69) is 16.8 Å². The molecule has 2 aromatic carbocycles. The number of hydrogen-bond donors (Lipinski definition) is 0. The Balaban J connectivity index is 1.64. The van der Waals surface area contributed by atoms with Crippen LogP contribution >= 0.6 is 0 Å². The van der Waals surface area contributed by atoms with Crippen molar-refractivity contribution < 1.29 is 9.18 Å². The number of nitrogens with zero attached hydrogens (tertiary/aromatic N) is 2. The third-order valence-electron chi connectivity index (χ3n) is 4.32. The van der Waals surface area contributed by atoms with Crippen molar-refractivity contribution in [3.8, 4) is 0 Å². The Morgan fingerprint density at radius 2 is 1.43 bits per heavy atom. The Morgan fingerprint density at radius 1 is 0.913 bits per heavy atom. The van der Waals surface area contributed by atoms with Gasteiger partial charge in [-0.1, -0.05) is 24.3 Å². The zero-order valence-corrected chi connectivity index (χ0v) is 13.3. The van der Waals surface area contributed by atoms with Gasteiger partial charge in [-0.05, 0) is 36.9 Å². The number of likely N-dealkylation sites (N-methyl/N-ethyl adjacent to an activating group) is 1. The number of ketones is 1. The fourth-order valence-corrected chi connectivity index (χ4v) is 2.79. The summed E-state index contributed by atoms with van der Waals surface area (Å²) in [6.07, 6.45) is 0. The Bertz CT molecular complexity index is 659. The first kappa shape index (κ1) is 15.8. The third kappa shape index (κ3) is 4.03. The van der Waals surface area contributed by atoms with Crippen LogP contribution in [0.25, 0.3) is 0 Å². The quantitative estimate of drug-likeness (QED) is 0.811. The van der Waals surface area contributed by atoms with E-state index in [0.29, 0.717) is 11.1 Å². The van der Waals surface area contributed by atoms with Crippen molar-refractivity contribution >= 4 is 5.78 Å². The van der Waals surface area contributed by atoms with Gasteiger partial charge in [0.2, 0.25) is 0 Å². The average molecular weight is 312 g/mol. The molecule has 0 spiro atoms. The van der Waals surface area contributed by atoms with Crippen molar-refractivity contribution in [3.63, 3.8) is 0 Å². The minimum atomic E-state index is -0.330. The Hall–Kier alpha value is -2.04. The number of carbonyl (C=O) groups is 1.